The topological polar surface area (TPSA) is 117 Å². The molecule has 3 N–H and O–H groups in total. The van der Waals surface area contributed by atoms with Crippen LogP contribution in [-0.2, 0) is 9.47 Å². The van der Waals surface area contributed by atoms with Crippen molar-refractivity contribution >= 4 is 11.8 Å². The molecule has 2 heterocycles. The number of benzene rings is 1. The smallest absolute Gasteiger partial charge is 0.262 e. The molecule has 0 bridgehead atoms. The van der Waals surface area contributed by atoms with E-state index in [1.165, 1.54) is 12.1 Å². The Bertz CT molecular complexity index is 687. The van der Waals surface area contributed by atoms with E-state index >= 15 is 0 Å². The molecule has 5 atom stereocenters. The fourth-order valence-corrected chi connectivity index (χ4v) is 3.39. The molecular weight excluding hydrogens is 354 g/mol. The summed E-state index contributed by atoms with van der Waals surface area (Å²) in [4.78, 5) is 26.4. The molecule has 0 spiro atoms. The molecule has 1 saturated heterocycles. The van der Waals surface area contributed by atoms with Gasteiger partial charge in [0.15, 0.2) is 6.29 Å². The van der Waals surface area contributed by atoms with Crippen molar-refractivity contribution in [2.75, 3.05) is 13.2 Å². The van der Waals surface area contributed by atoms with E-state index in [2.05, 4.69) is 6.58 Å². The summed E-state index contributed by atoms with van der Waals surface area (Å²) in [6.45, 7) is 3.31. The Morgan fingerprint density at radius 2 is 1.78 bits per heavy atom. The molecule has 0 unspecified atom stereocenters. The highest BCUT2D eigenvalue weighted by Crippen LogP contribution is 2.32. The third-order valence-electron chi connectivity index (χ3n) is 4.81. The third-order valence-corrected chi connectivity index (χ3v) is 4.81. The number of allylic oxidation sites excluding steroid dienone is 1. The number of rotatable bonds is 7. The molecule has 0 radical (unpaired) electrons. The van der Waals surface area contributed by atoms with Crippen molar-refractivity contribution in [2.45, 2.75) is 43.5 Å². The first-order chi connectivity index (χ1) is 13.0. The zero-order chi connectivity index (χ0) is 19.6. The molecule has 0 saturated carbocycles. The van der Waals surface area contributed by atoms with Crippen LogP contribution in [0.25, 0.3) is 0 Å². The lowest BCUT2D eigenvalue weighted by Gasteiger charge is -2.44. The fourth-order valence-electron chi connectivity index (χ4n) is 3.39. The van der Waals surface area contributed by atoms with Gasteiger partial charge in [0.05, 0.1) is 24.3 Å². The summed E-state index contributed by atoms with van der Waals surface area (Å²) in [7, 11) is 0. The second-order valence-electron chi connectivity index (χ2n) is 6.52. The average molecular weight is 377 g/mol. The second-order valence-corrected chi connectivity index (χ2v) is 6.52. The summed E-state index contributed by atoms with van der Waals surface area (Å²) in [5.74, 6) is -1.17. The summed E-state index contributed by atoms with van der Waals surface area (Å²) in [5.41, 5.74) is 0.442. The van der Waals surface area contributed by atoms with Crippen LogP contribution in [0.3, 0.4) is 0 Å². The van der Waals surface area contributed by atoms with Crippen LogP contribution in [0.5, 0.6) is 0 Å². The lowest BCUT2D eigenvalue weighted by Crippen LogP contribution is -2.65. The summed E-state index contributed by atoms with van der Waals surface area (Å²) in [6, 6.07) is 5.10. The molecule has 2 amide bonds. The zero-order valence-electron chi connectivity index (χ0n) is 14.7. The van der Waals surface area contributed by atoms with E-state index in [1.807, 2.05) is 0 Å². The van der Waals surface area contributed by atoms with Crippen molar-refractivity contribution in [3.63, 3.8) is 0 Å². The number of carbonyl (C=O) groups is 2. The average Bonchev–Trinajstić information content (AvgIpc) is 2.93. The van der Waals surface area contributed by atoms with Gasteiger partial charge in [0.1, 0.15) is 24.4 Å². The predicted molar refractivity (Wildman–Crippen MR) is 93.9 cm³/mol. The van der Waals surface area contributed by atoms with Crippen LogP contribution in [0.2, 0.25) is 0 Å². The highest BCUT2D eigenvalue weighted by Gasteiger charge is 2.53. The Kier molecular flexibility index (Phi) is 6.03. The lowest BCUT2D eigenvalue weighted by atomic mass is 9.95. The van der Waals surface area contributed by atoms with Gasteiger partial charge in [-0.15, -0.1) is 6.58 Å². The van der Waals surface area contributed by atoms with Gasteiger partial charge in [0, 0.05) is 0 Å². The van der Waals surface area contributed by atoms with Crippen LogP contribution in [0.4, 0.5) is 0 Å². The Labute approximate surface area is 156 Å². The molecule has 8 nitrogen and oxygen atoms in total. The van der Waals surface area contributed by atoms with Crippen LogP contribution in [0.15, 0.2) is 36.9 Å². The number of fused-ring (bicyclic) bond motifs is 1. The van der Waals surface area contributed by atoms with Gasteiger partial charge in [-0.1, -0.05) is 18.2 Å². The number of carbonyl (C=O) groups excluding carboxylic acids is 2. The first-order valence-electron chi connectivity index (χ1n) is 8.83. The molecule has 0 aromatic heterocycles. The van der Waals surface area contributed by atoms with Crippen molar-refractivity contribution in [1.82, 2.24) is 4.90 Å². The standard InChI is InChI=1S/C19H23NO7/c1-2-3-6-9-26-19-14(16(23)15(22)13(10-21)27-19)20-17(24)11-7-4-5-8-12(11)18(20)25/h2,4-5,7-8,13-16,19,21-23H,1,3,6,9-10H2/t13-,14-,15-,16-,19-/m1/s1. The van der Waals surface area contributed by atoms with Crippen LogP contribution in [0, 0.1) is 0 Å². The van der Waals surface area contributed by atoms with Crippen molar-refractivity contribution in [2.24, 2.45) is 0 Å². The van der Waals surface area contributed by atoms with E-state index in [-0.39, 0.29) is 17.7 Å². The molecule has 1 aromatic rings. The molecule has 2 aliphatic rings. The first kappa shape index (κ1) is 19.7. The Morgan fingerprint density at radius 3 is 2.33 bits per heavy atom. The molecular formula is C19H23NO7. The number of ether oxygens (including phenoxy) is 2. The molecule has 146 valence electrons. The van der Waals surface area contributed by atoms with Gasteiger partial charge in [-0.05, 0) is 25.0 Å². The van der Waals surface area contributed by atoms with E-state index in [0.717, 1.165) is 4.90 Å². The number of hydrogen-bond acceptors (Lipinski definition) is 7. The van der Waals surface area contributed by atoms with Crippen LogP contribution >= 0.6 is 0 Å². The number of aliphatic hydroxyl groups is 3. The van der Waals surface area contributed by atoms with Crippen LogP contribution < -0.4 is 0 Å². The highest BCUT2D eigenvalue weighted by molar-refractivity contribution is 6.21. The van der Waals surface area contributed by atoms with Crippen molar-refractivity contribution in [3.8, 4) is 0 Å². The largest absolute Gasteiger partial charge is 0.394 e. The minimum Gasteiger partial charge on any atom is -0.394 e. The van der Waals surface area contributed by atoms with Gasteiger partial charge < -0.3 is 24.8 Å². The van der Waals surface area contributed by atoms with E-state index < -0.39 is 49.1 Å². The number of imide groups is 1. The van der Waals surface area contributed by atoms with Gasteiger partial charge in [-0.2, -0.15) is 0 Å². The highest BCUT2D eigenvalue weighted by atomic mass is 16.7. The molecule has 2 aliphatic heterocycles. The van der Waals surface area contributed by atoms with Crippen molar-refractivity contribution < 1.29 is 34.4 Å². The third kappa shape index (κ3) is 3.54. The predicted octanol–water partition coefficient (Wildman–Crippen LogP) is 0.0730. The van der Waals surface area contributed by atoms with E-state index in [4.69, 9.17) is 9.47 Å². The van der Waals surface area contributed by atoms with Gasteiger partial charge in [0.25, 0.3) is 11.8 Å². The molecule has 3 rings (SSSR count). The number of unbranched alkanes of at least 4 members (excludes halogenated alkanes) is 1. The Morgan fingerprint density at radius 1 is 1.15 bits per heavy atom. The summed E-state index contributed by atoms with van der Waals surface area (Å²) >= 11 is 0. The van der Waals surface area contributed by atoms with Gasteiger partial charge >= 0.3 is 0 Å². The lowest BCUT2D eigenvalue weighted by molar-refractivity contribution is -0.279. The maximum Gasteiger partial charge on any atom is 0.262 e. The second kappa shape index (κ2) is 8.28. The maximum absolute atomic E-state index is 12.8. The Hall–Kier alpha value is -2.10. The van der Waals surface area contributed by atoms with E-state index in [1.54, 1.807) is 18.2 Å². The summed E-state index contributed by atoms with van der Waals surface area (Å²) in [6.07, 6.45) is -2.22. The van der Waals surface area contributed by atoms with Crippen LogP contribution in [0.1, 0.15) is 33.6 Å². The van der Waals surface area contributed by atoms with Gasteiger partial charge in [-0.3, -0.25) is 14.5 Å². The number of amides is 2. The number of aliphatic hydroxyl groups excluding tert-OH is 3. The molecule has 1 fully saturated rings. The Balaban J connectivity index is 1.88. The van der Waals surface area contributed by atoms with E-state index in [9.17, 15) is 24.9 Å². The molecule has 27 heavy (non-hydrogen) atoms. The van der Waals surface area contributed by atoms with Crippen molar-refractivity contribution in [3.05, 3.63) is 48.0 Å². The van der Waals surface area contributed by atoms with Gasteiger partial charge in [-0.25, -0.2) is 0 Å². The zero-order valence-corrected chi connectivity index (χ0v) is 14.7. The summed E-state index contributed by atoms with van der Waals surface area (Å²) in [5, 5.41) is 30.2. The molecule has 0 aliphatic carbocycles. The van der Waals surface area contributed by atoms with Gasteiger partial charge in [0.2, 0.25) is 0 Å². The number of hydrogen-bond donors (Lipinski definition) is 3. The maximum atomic E-state index is 12.8. The minimum atomic E-state index is -1.53. The SMILES string of the molecule is C=CCCCO[C@@H]1O[C@H](CO)[C@@H](O)[C@H](O)[C@H]1N1C(=O)c2ccccc2C1=O. The monoisotopic (exact) mass is 377 g/mol. The van der Waals surface area contributed by atoms with E-state index in [0.29, 0.717) is 12.8 Å². The minimum absolute atomic E-state index is 0.221. The normalized spacial score (nSPS) is 30.5. The van der Waals surface area contributed by atoms with Crippen LogP contribution in [-0.4, -0.2) is 75.9 Å². The molecule has 8 heteroatoms. The fraction of sp³-hybridized carbons (Fsp3) is 0.474. The summed E-state index contributed by atoms with van der Waals surface area (Å²) < 4.78 is 11.2. The first-order valence-corrected chi connectivity index (χ1v) is 8.83. The number of nitrogens with zero attached hydrogens (tertiary/aromatic N) is 1. The quantitative estimate of drug-likeness (QED) is 0.350. The van der Waals surface area contributed by atoms with Crippen molar-refractivity contribution in [1.29, 1.82) is 0 Å². The molecule has 1 aromatic carbocycles.